The summed E-state index contributed by atoms with van der Waals surface area (Å²) in [6.07, 6.45) is 4.95. The molecule has 0 unspecified atom stereocenters. The number of hydrogen-bond donors (Lipinski definition) is 2. The van der Waals surface area contributed by atoms with Gasteiger partial charge in [0.1, 0.15) is 40.8 Å². The predicted octanol–water partition coefficient (Wildman–Crippen LogP) is 8.22. The molecule has 0 saturated heterocycles. The number of hydrogen-bond acceptors (Lipinski definition) is 6. The van der Waals surface area contributed by atoms with Crippen LogP contribution in [-0.2, 0) is 39.2 Å². The fourth-order valence-corrected chi connectivity index (χ4v) is 7.04. The van der Waals surface area contributed by atoms with E-state index in [9.17, 15) is 19.5 Å². The first-order valence-corrected chi connectivity index (χ1v) is 18.1. The van der Waals surface area contributed by atoms with E-state index in [2.05, 4.69) is 38.2 Å². The van der Waals surface area contributed by atoms with Crippen LogP contribution in [0.2, 0.25) is 0 Å². The molecule has 52 heavy (non-hydrogen) atoms. The number of methoxy groups -OCH3 is 1. The highest BCUT2D eigenvalue weighted by Crippen LogP contribution is 2.34. The quantitative estimate of drug-likeness (QED) is 0.153. The third-order valence-corrected chi connectivity index (χ3v) is 10.1. The lowest BCUT2D eigenvalue weighted by Gasteiger charge is -2.37. The second kappa shape index (κ2) is 15.9. The van der Waals surface area contributed by atoms with Gasteiger partial charge in [-0.2, -0.15) is 0 Å². The summed E-state index contributed by atoms with van der Waals surface area (Å²) in [5.74, 6) is 1.91. The third-order valence-electron chi connectivity index (χ3n) is 10.1. The predicted molar refractivity (Wildman–Crippen MR) is 199 cm³/mol. The van der Waals surface area contributed by atoms with Crippen LogP contribution >= 0.6 is 0 Å². The lowest BCUT2D eigenvalue weighted by molar-refractivity contribution is -0.145. The third kappa shape index (κ3) is 9.12. The monoisotopic (exact) mass is 704 g/mol. The molecular formula is C43H48N2O7. The summed E-state index contributed by atoms with van der Waals surface area (Å²) in [5, 5.41) is 12.9. The van der Waals surface area contributed by atoms with Crippen LogP contribution < -0.4 is 19.5 Å². The minimum atomic E-state index is -1.19. The van der Waals surface area contributed by atoms with Gasteiger partial charge in [0.25, 0.3) is 0 Å². The number of carbonyl (C=O) groups is 3. The average Bonchev–Trinajstić information content (AvgIpc) is 3.64. The van der Waals surface area contributed by atoms with Crippen LogP contribution in [0.25, 0.3) is 0 Å². The second-order valence-corrected chi connectivity index (χ2v) is 14.9. The summed E-state index contributed by atoms with van der Waals surface area (Å²) < 4.78 is 17.3. The summed E-state index contributed by atoms with van der Waals surface area (Å²) in [5.41, 5.74) is 3.81. The van der Waals surface area contributed by atoms with E-state index >= 15 is 0 Å². The van der Waals surface area contributed by atoms with E-state index in [1.807, 2.05) is 30.3 Å². The summed E-state index contributed by atoms with van der Waals surface area (Å²) >= 11 is 0. The molecule has 2 amide bonds. The second-order valence-electron chi connectivity index (χ2n) is 14.9. The van der Waals surface area contributed by atoms with Gasteiger partial charge in [0, 0.05) is 25.8 Å². The van der Waals surface area contributed by atoms with Crippen molar-refractivity contribution in [3.63, 3.8) is 0 Å². The fourth-order valence-electron chi connectivity index (χ4n) is 7.04. The SMILES string of the molecule is COc1ccc(Oc2ccc(C[C@H](NC(=O)[C@@H]3Cc4ccc(Oc5ccc(C(C)(C)C)cc5)cc4CN3C(=O)CC3CCCC3)C(=O)O)cc2)cc1. The number of amides is 2. The number of carbonyl (C=O) groups excluding carboxylic acids is 2. The number of carboxylic acid groups (broad SMARTS) is 1. The van der Waals surface area contributed by atoms with Gasteiger partial charge in [-0.05, 0) is 107 Å². The van der Waals surface area contributed by atoms with Gasteiger partial charge in [0.15, 0.2) is 0 Å². The molecule has 2 aliphatic rings. The van der Waals surface area contributed by atoms with E-state index < -0.39 is 24.0 Å². The van der Waals surface area contributed by atoms with Crippen molar-refractivity contribution in [3.05, 3.63) is 113 Å². The maximum atomic E-state index is 14.0. The number of aliphatic carboxylic acids is 1. The fraction of sp³-hybridized carbons (Fsp3) is 0.372. The molecule has 2 atom stereocenters. The molecule has 4 aromatic rings. The minimum Gasteiger partial charge on any atom is -0.497 e. The zero-order chi connectivity index (χ0) is 36.8. The van der Waals surface area contributed by atoms with Crippen LogP contribution in [0.3, 0.4) is 0 Å². The molecule has 1 aliphatic heterocycles. The van der Waals surface area contributed by atoms with Crippen LogP contribution in [0.5, 0.6) is 28.7 Å². The Morgan fingerprint density at radius 1 is 0.788 bits per heavy atom. The van der Waals surface area contributed by atoms with E-state index in [1.54, 1.807) is 60.5 Å². The molecule has 1 fully saturated rings. The summed E-state index contributed by atoms with van der Waals surface area (Å²) in [6, 6.07) is 26.1. The van der Waals surface area contributed by atoms with Crippen LogP contribution in [-0.4, -0.2) is 47.0 Å². The van der Waals surface area contributed by atoms with Gasteiger partial charge in [-0.1, -0.05) is 63.9 Å². The van der Waals surface area contributed by atoms with Gasteiger partial charge >= 0.3 is 5.97 Å². The van der Waals surface area contributed by atoms with Crippen molar-refractivity contribution < 1.29 is 33.7 Å². The molecule has 9 nitrogen and oxygen atoms in total. The number of rotatable bonds is 12. The van der Waals surface area contributed by atoms with Crippen LogP contribution in [0.1, 0.15) is 75.1 Å². The molecule has 1 aliphatic carbocycles. The number of benzene rings is 4. The Morgan fingerprint density at radius 2 is 1.35 bits per heavy atom. The molecule has 4 aromatic carbocycles. The van der Waals surface area contributed by atoms with E-state index in [0.717, 1.165) is 48.1 Å². The van der Waals surface area contributed by atoms with Crippen LogP contribution in [0, 0.1) is 5.92 Å². The number of nitrogens with one attached hydrogen (secondary N) is 1. The van der Waals surface area contributed by atoms with Gasteiger partial charge in [-0.25, -0.2) is 4.79 Å². The highest BCUT2D eigenvalue weighted by molar-refractivity contribution is 5.91. The zero-order valence-corrected chi connectivity index (χ0v) is 30.4. The van der Waals surface area contributed by atoms with Gasteiger partial charge in [0.2, 0.25) is 11.8 Å². The molecule has 0 aromatic heterocycles. The molecule has 6 rings (SSSR count). The first kappa shape index (κ1) is 36.5. The zero-order valence-electron chi connectivity index (χ0n) is 30.4. The highest BCUT2D eigenvalue weighted by atomic mass is 16.5. The number of carboxylic acids is 1. The summed E-state index contributed by atoms with van der Waals surface area (Å²) in [6.45, 7) is 6.75. The van der Waals surface area contributed by atoms with E-state index in [0.29, 0.717) is 35.3 Å². The Morgan fingerprint density at radius 3 is 1.94 bits per heavy atom. The van der Waals surface area contributed by atoms with Crippen molar-refractivity contribution in [1.82, 2.24) is 10.2 Å². The van der Waals surface area contributed by atoms with Gasteiger partial charge in [-0.15, -0.1) is 0 Å². The summed E-state index contributed by atoms with van der Waals surface area (Å²) in [7, 11) is 1.60. The Kier molecular flexibility index (Phi) is 11.2. The van der Waals surface area contributed by atoms with E-state index in [-0.39, 0.29) is 30.7 Å². The molecule has 1 heterocycles. The average molecular weight is 705 g/mol. The van der Waals surface area contributed by atoms with Gasteiger partial charge < -0.3 is 29.5 Å². The van der Waals surface area contributed by atoms with Crippen molar-refractivity contribution >= 4 is 17.8 Å². The van der Waals surface area contributed by atoms with Gasteiger partial charge in [0.05, 0.1) is 7.11 Å². The molecule has 272 valence electrons. The Hall–Kier alpha value is -5.31. The van der Waals surface area contributed by atoms with Crippen molar-refractivity contribution in [2.24, 2.45) is 5.92 Å². The lowest BCUT2D eigenvalue weighted by Crippen LogP contribution is -2.56. The van der Waals surface area contributed by atoms with Crippen molar-refractivity contribution in [3.8, 4) is 28.7 Å². The topological polar surface area (TPSA) is 114 Å². The molecule has 1 saturated carbocycles. The van der Waals surface area contributed by atoms with Crippen molar-refractivity contribution in [2.45, 2.75) is 89.8 Å². The number of fused-ring (bicyclic) bond motifs is 1. The molecule has 0 radical (unpaired) electrons. The largest absolute Gasteiger partial charge is 0.497 e. The molecule has 0 bridgehead atoms. The number of ether oxygens (including phenoxy) is 3. The van der Waals surface area contributed by atoms with Crippen molar-refractivity contribution in [1.29, 1.82) is 0 Å². The summed E-state index contributed by atoms with van der Waals surface area (Å²) in [4.78, 5) is 41.9. The normalized spacial score (nSPS) is 16.5. The van der Waals surface area contributed by atoms with Crippen molar-refractivity contribution in [2.75, 3.05) is 7.11 Å². The standard InChI is InChI=1S/C43H48N2O7/c1-43(2,3)32-12-17-35(18-13-32)52-37-16-11-30-26-39(45(27-31(30)25-37)40(46)24-28-7-5-6-8-28)41(47)44-38(42(48)49)23-29-9-14-34(15-10-29)51-36-21-19-33(50-4)20-22-36/h9-22,25,28,38-39H,5-8,23-24,26-27H2,1-4H3,(H,44,47)(H,48,49)/t38-,39-/m0/s1. The first-order valence-electron chi connectivity index (χ1n) is 18.1. The molecular weight excluding hydrogens is 656 g/mol. The number of nitrogens with zero attached hydrogens (tertiary/aromatic N) is 1. The minimum absolute atomic E-state index is 0.0337. The van der Waals surface area contributed by atoms with E-state index in [1.165, 1.54) is 5.56 Å². The Balaban J connectivity index is 1.16. The van der Waals surface area contributed by atoms with Crippen LogP contribution in [0.15, 0.2) is 91.0 Å². The van der Waals surface area contributed by atoms with Gasteiger partial charge in [-0.3, -0.25) is 9.59 Å². The highest BCUT2D eigenvalue weighted by Gasteiger charge is 2.37. The molecule has 0 spiro atoms. The Labute approximate surface area is 305 Å². The first-order chi connectivity index (χ1) is 24.9. The maximum Gasteiger partial charge on any atom is 0.326 e. The van der Waals surface area contributed by atoms with Crippen LogP contribution in [0.4, 0.5) is 0 Å². The molecule has 9 heteroatoms. The smallest absolute Gasteiger partial charge is 0.326 e. The lowest BCUT2D eigenvalue weighted by atomic mass is 9.87. The maximum absolute atomic E-state index is 14.0. The Bertz CT molecular complexity index is 1860. The molecule has 2 N–H and O–H groups in total. The van der Waals surface area contributed by atoms with E-state index in [4.69, 9.17) is 14.2 Å².